The van der Waals surface area contributed by atoms with Gasteiger partial charge in [-0.05, 0) is 77.5 Å². The molecule has 4 heteroatoms. The molecule has 10 aromatic rings. The molecule has 4 nitrogen and oxygen atoms in total. The lowest BCUT2D eigenvalue weighted by molar-refractivity contribution is 1.18. The molecule has 0 N–H and O–H groups in total. The van der Waals surface area contributed by atoms with Crippen molar-refractivity contribution in [1.29, 1.82) is 0 Å². The van der Waals surface area contributed by atoms with E-state index in [0.717, 1.165) is 56.3 Å². The van der Waals surface area contributed by atoms with E-state index in [-0.39, 0.29) is 0 Å². The first kappa shape index (κ1) is 27.2. The fraction of sp³-hybridized carbons (Fsp3) is 0. The van der Waals surface area contributed by atoms with Gasteiger partial charge in [0.15, 0.2) is 0 Å². The van der Waals surface area contributed by atoms with E-state index in [9.17, 15) is 0 Å². The largest absolute Gasteiger partial charge is 0.311 e. The van der Waals surface area contributed by atoms with Crippen LogP contribution < -0.4 is 4.90 Å². The second-order valence-corrected chi connectivity index (χ2v) is 13.0. The van der Waals surface area contributed by atoms with Gasteiger partial charge in [-0.1, -0.05) is 103 Å². The second-order valence-electron chi connectivity index (χ2n) is 13.0. The highest BCUT2D eigenvalue weighted by atomic mass is 15.1. The summed E-state index contributed by atoms with van der Waals surface area (Å²) in [5, 5.41) is 7.29. The van der Waals surface area contributed by atoms with Gasteiger partial charge in [0.05, 0.1) is 33.5 Å². The van der Waals surface area contributed by atoms with Crippen molar-refractivity contribution < 1.29 is 0 Å². The van der Waals surface area contributed by atoms with Crippen molar-refractivity contribution in [3.63, 3.8) is 0 Å². The van der Waals surface area contributed by atoms with E-state index in [0.29, 0.717) is 0 Å². The first-order chi connectivity index (χ1) is 24.8. The fourth-order valence-electron chi connectivity index (χ4n) is 8.13. The zero-order valence-electron chi connectivity index (χ0n) is 27.0. The van der Waals surface area contributed by atoms with E-state index in [1.807, 2.05) is 12.1 Å². The third-order valence-electron chi connectivity index (χ3n) is 10.2. The van der Waals surface area contributed by atoms with Crippen molar-refractivity contribution in [3.8, 4) is 28.2 Å². The molecule has 0 atom stereocenters. The molecule has 0 aliphatic heterocycles. The Morgan fingerprint density at radius 2 is 1.06 bits per heavy atom. The van der Waals surface area contributed by atoms with Crippen molar-refractivity contribution in [2.24, 2.45) is 0 Å². The van der Waals surface area contributed by atoms with Crippen molar-refractivity contribution in [1.82, 2.24) is 14.5 Å². The normalized spacial score (nSPS) is 12.0. The molecule has 232 valence electrons. The Kier molecular flexibility index (Phi) is 5.63. The molecule has 1 aliphatic rings. The van der Waals surface area contributed by atoms with Crippen LogP contribution in [-0.4, -0.2) is 14.5 Å². The Bertz CT molecular complexity index is 2920. The van der Waals surface area contributed by atoms with E-state index in [1.165, 1.54) is 43.4 Å². The summed E-state index contributed by atoms with van der Waals surface area (Å²) in [6.45, 7) is 0. The number of fused-ring (bicyclic) bond motifs is 10. The summed E-state index contributed by atoms with van der Waals surface area (Å²) in [5.41, 5.74) is 12.9. The smallest absolute Gasteiger partial charge is 0.0986 e. The predicted octanol–water partition coefficient (Wildman–Crippen LogP) is 12.2. The Balaban J connectivity index is 1.22. The number of nitrogens with zero attached hydrogens (tertiary/aromatic N) is 4. The molecule has 2 heterocycles. The first-order valence-electron chi connectivity index (χ1n) is 17.0. The summed E-state index contributed by atoms with van der Waals surface area (Å²) in [6, 6.07) is 60.5. The van der Waals surface area contributed by atoms with Gasteiger partial charge >= 0.3 is 0 Å². The van der Waals surface area contributed by atoms with E-state index in [1.54, 1.807) is 0 Å². The molecule has 0 unspecified atom stereocenters. The summed E-state index contributed by atoms with van der Waals surface area (Å²) >= 11 is 0. The van der Waals surface area contributed by atoms with Crippen molar-refractivity contribution in [2.75, 3.05) is 4.90 Å². The van der Waals surface area contributed by atoms with Crippen molar-refractivity contribution >= 4 is 71.4 Å². The molecule has 1 aliphatic carbocycles. The van der Waals surface area contributed by atoms with Crippen LogP contribution in [0.25, 0.3) is 82.6 Å². The first-order valence-corrected chi connectivity index (χ1v) is 17.0. The maximum absolute atomic E-state index is 5.31. The standard InChI is InChI=1S/C46H28N4/c1-3-14-31(15-4-1)49(32-16-5-2-6-17-32)33-23-25-34(26-24-33)50-40-28-30-13-11-19-36-41(30)43(45-44(36)47-38-20-9-10-21-39(38)48-45)42(40)37-27-22-29-12-7-8-18-35(29)46(37)50/h1-28H. The molecule has 50 heavy (non-hydrogen) atoms. The lowest BCUT2D eigenvalue weighted by Crippen LogP contribution is -2.09. The summed E-state index contributed by atoms with van der Waals surface area (Å²) in [4.78, 5) is 12.8. The third kappa shape index (κ3) is 3.81. The minimum atomic E-state index is 0.912. The van der Waals surface area contributed by atoms with Gasteiger partial charge in [0, 0.05) is 55.4 Å². The number of hydrogen-bond acceptors (Lipinski definition) is 3. The summed E-state index contributed by atoms with van der Waals surface area (Å²) in [7, 11) is 0. The van der Waals surface area contributed by atoms with E-state index >= 15 is 0 Å². The molecule has 11 rings (SSSR count). The van der Waals surface area contributed by atoms with Crippen molar-refractivity contribution in [2.45, 2.75) is 0 Å². The number of para-hydroxylation sites is 4. The van der Waals surface area contributed by atoms with Gasteiger partial charge in [-0.2, -0.15) is 0 Å². The van der Waals surface area contributed by atoms with Crippen LogP contribution in [0.3, 0.4) is 0 Å². The Labute approximate surface area is 288 Å². The van der Waals surface area contributed by atoms with Crippen LogP contribution >= 0.6 is 0 Å². The van der Waals surface area contributed by atoms with Crippen LogP contribution in [0.15, 0.2) is 170 Å². The molecular weight excluding hydrogens is 609 g/mol. The molecule has 8 aromatic carbocycles. The molecule has 0 spiro atoms. The maximum atomic E-state index is 5.31. The van der Waals surface area contributed by atoms with E-state index in [2.05, 4.69) is 167 Å². The zero-order chi connectivity index (χ0) is 32.8. The number of rotatable bonds is 4. The van der Waals surface area contributed by atoms with Crippen LogP contribution in [0, 0.1) is 0 Å². The van der Waals surface area contributed by atoms with Gasteiger partial charge in [0.2, 0.25) is 0 Å². The average Bonchev–Trinajstić information content (AvgIpc) is 3.68. The number of hydrogen-bond donors (Lipinski definition) is 0. The molecule has 0 radical (unpaired) electrons. The monoisotopic (exact) mass is 636 g/mol. The second kappa shape index (κ2) is 10.4. The van der Waals surface area contributed by atoms with Crippen LogP contribution in [-0.2, 0) is 0 Å². The van der Waals surface area contributed by atoms with Gasteiger partial charge in [-0.25, -0.2) is 9.97 Å². The van der Waals surface area contributed by atoms with Gasteiger partial charge < -0.3 is 9.47 Å². The molecule has 0 saturated heterocycles. The Hall–Kier alpha value is -6.78. The topological polar surface area (TPSA) is 34.0 Å². The number of anilines is 3. The number of benzene rings is 8. The SMILES string of the molecule is c1ccc(N(c2ccccc2)c2ccc(-n3c4cc5cccc6c5c(c4c4ccc5ccccc5c43)-c3nc4ccccc4nc3-6)cc2)cc1. The van der Waals surface area contributed by atoms with Gasteiger partial charge in [-0.3, -0.25) is 0 Å². The Morgan fingerprint density at radius 1 is 0.440 bits per heavy atom. The fourth-order valence-corrected chi connectivity index (χ4v) is 8.13. The molecule has 0 amide bonds. The zero-order valence-corrected chi connectivity index (χ0v) is 27.0. The highest BCUT2D eigenvalue weighted by molar-refractivity contribution is 6.31. The van der Waals surface area contributed by atoms with Gasteiger partial charge in [0.25, 0.3) is 0 Å². The number of aromatic nitrogens is 3. The van der Waals surface area contributed by atoms with Crippen LogP contribution in [0.2, 0.25) is 0 Å². The average molecular weight is 637 g/mol. The summed E-state index contributed by atoms with van der Waals surface area (Å²) in [5.74, 6) is 0. The summed E-state index contributed by atoms with van der Waals surface area (Å²) in [6.07, 6.45) is 0. The molecule has 0 saturated carbocycles. The van der Waals surface area contributed by atoms with E-state index in [4.69, 9.17) is 9.97 Å². The maximum Gasteiger partial charge on any atom is 0.0986 e. The third-order valence-corrected chi connectivity index (χ3v) is 10.2. The van der Waals surface area contributed by atoms with E-state index < -0.39 is 0 Å². The van der Waals surface area contributed by atoms with Gasteiger partial charge in [0.1, 0.15) is 0 Å². The molecular formula is C46H28N4. The lowest BCUT2D eigenvalue weighted by atomic mass is 9.98. The minimum Gasteiger partial charge on any atom is -0.311 e. The summed E-state index contributed by atoms with van der Waals surface area (Å²) < 4.78 is 2.46. The minimum absolute atomic E-state index is 0.912. The lowest BCUT2D eigenvalue weighted by Gasteiger charge is -2.25. The highest BCUT2D eigenvalue weighted by Gasteiger charge is 2.30. The van der Waals surface area contributed by atoms with Crippen LogP contribution in [0.1, 0.15) is 0 Å². The predicted molar refractivity (Wildman–Crippen MR) is 208 cm³/mol. The Morgan fingerprint density at radius 3 is 1.80 bits per heavy atom. The highest BCUT2D eigenvalue weighted by Crippen LogP contribution is 2.52. The van der Waals surface area contributed by atoms with Gasteiger partial charge in [-0.15, -0.1) is 0 Å². The van der Waals surface area contributed by atoms with Crippen molar-refractivity contribution in [3.05, 3.63) is 170 Å². The molecule has 0 bridgehead atoms. The quantitative estimate of drug-likeness (QED) is 0.193. The van der Waals surface area contributed by atoms with Crippen LogP contribution in [0.5, 0.6) is 0 Å². The molecule has 0 fully saturated rings. The molecule has 2 aromatic heterocycles. The van der Waals surface area contributed by atoms with Crippen LogP contribution in [0.4, 0.5) is 17.1 Å².